The first kappa shape index (κ1) is 21.8. The Morgan fingerprint density at radius 2 is 1.82 bits per heavy atom. The molecule has 9 heteroatoms. The Morgan fingerprint density at radius 3 is 2.56 bits per heavy atom. The van der Waals surface area contributed by atoms with Gasteiger partial charge in [0.15, 0.2) is 0 Å². The van der Waals surface area contributed by atoms with Crippen LogP contribution in [-0.2, 0) is 6.54 Å². The lowest BCUT2D eigenvalue weighted by Crippen LogP contribution is -2.22. The van der Waals surface area contributed by atoms with Crippen molar-refractivity contribution in [2.75, 3.05) is 14.2 Å². The van der Waals surface area contributed by atoms with Gasteiger partial charge in [-0.2, -0.15) is 5.10 Å². The molecule has 3 heterocycles. The number of rotatable bonds is 6. The van der Waals surface area contributed by atoms with Gasteiger partial charge in [-0.15, -0.1) is 0 Å². The smallest absolute Gasteiger partial charge is 0.276 e. The molecule has 0 aliphatic carbocycles. The summed E-state index contributed by atoms with van der Waals surface area (Å²) < 4.78 is 19.8. The highest BCUT2D eigenvalue weighted by Gasteiger charge is 2.17. The number of oxazole rings is 1. The predicted octanol–water partition coefficient (Wildman–Crippen LogP) is 4.85. The van der Waals surface area contributed by atoms with E-state index in [2.05, 4.69) is 10.1 Å². The van der Waals surface area contributed by atoms with Crippen LogP contribution in [0.3, 0.4) is 0 Å². The normalized spacial score (nSPS) is 11.2. The number of aromatic nitrogens is 4. The van der Waals surface area contributed by atoms with E-state index in [-0.39, 0.29) is 12.1 Å². The van der Waals surface area contributed by atoms with E-state index in [4.69, 9.17) is 25.5 Å². The third-order valence-corrected chi connectivity index (χ3v) is 5.85. The largest absolute Gasteiger partial charge is 0.497 e. The van der Waals surface area contributed by atoms with Gasteiger partial charge >= 0.3 is 0 Å². The van der Waals surface area contributed by atoms with E-state index in [1.807, 2.05) is 31.2 Å². The van der Waals surface area contributed by atoms with Gasteiger partial charge in [0.25, 0.3) is 5.56 Å². The zero-order chi connectivity index (χ0) is 23.8. The Kier molecular flexibility index (Phi) is 5.59. The topological polar surface area (TPSA) is 83.8 Å². The van der Waals surface area contributed by atoms with Crippen LogP contribution in [0.15, 0.2) is 70.1 Å². The summed E-state index contributed by atoms with van der Waals surface area (Å²) in [5.74, 6) is 2.29. The molecule has 0 unspecified atom stereocenters. The van der Waals surface area contributed by atoms with Crippen molar-refractivity contribution in [3.8, 4) is 34.2 Å². The van der Waals surface area contributed by atoms with Crippen molar-refractivity contribution >= 4 is 17.1 Å². The first-order chi connectivity index (χ1) is 16.5. The maximum atomic E-state index is 13.2. The fourth-order valence-electron chi connectivity index (χ4n) is 3.74. The Balaban J connectivity index is 1.48. The van der Waals surface area contributed by atoms with Crippen molar-refractivity contribution in [1.29, 1.82) is 0 Å². The van der Waals surface area contributed by atoms with Crippen LogP contribution in [0.4, 0.5) is 0 Å². The van der Waals surface area contributed by atoms with Crippen LogP contribution < -0.4 is 15.0 Å². The Hall–Kier alpha value is -4.04. The lowest BCUT2D eigenvalue weighted by molar-refractivity contribution is 0.394. The summed E-state index contributed by atoms with van der Waals surface area (Å²) in [6.07, 6.45) is 3.44. The molecule has 0 bridgehead atoms. The van der Waals surface area contributed by atoms with Crippen molar-refractivity contribution in [3.05, 3.63) is 87.8 Å². The molecular formula is C25H21ClN4O4. The number of halogens is 1. The molecule has 5 rings (SSSR count). The van der Waals surface area contributed by atoms with Crippen molar-refractivity contribution in [3.63, 3.8) is 0 Å². The Bertz CT molecular complexity index is 1550. The molecule has 172 valence electrons. The van der Waals surface area contributed by atoms with Gasteiger partial charge < -0.3 is 18.5 Å². The van der Waals surface area contributed by atoms with E-state index >= 15 is 0 Å². The minimum Gasteiger partial charge on any atom is -0.497 e. The van der Waals surface area contributed by atoms with Crippen molar-refractivity contribution < 1.29 is 13.9 Å². The molecular weight excluding hydrogens is 456 g/mol. The van der Waals surface area contributed by atoms with Gasteiger partial charge in [0, 0.05) is 29.0 Å². The SMILES string of the molecule is COc1ccc(-c2nc(Cn3ccn4nc(-c5ccc(Cl)cc5)cc4c3=O)c(C)o2)c(OC)c1. The summed E-state index contributed by atoms with van der Waals surface area (Å²) in [7, 11) is 3.17. The van der Waals surface area contributed by atoms with Gasteiger partial charge in [0.05, 0.1) is 32.0 Å². The molecule has 0 radical (unpaired) electrons. The van der Waals surface area contributed by atoms with Gasteiger partial charge in [-0.25, -0.2) is 9.50 Å². The van der Waals surface area contributed by atoms with Crippen molar-refractivity contribution in [1.82, 2.24) is 19.2 Å². The minimum atomic E-state index is -0.179. The first-order valence-corrected chi connectivity index (χ1v) is 10.9. The molecule has 0 aliphatic rings. The molecule has 0 saturated carbocycles. The molecule has 8 nitrogen and oxygen atoms in total. The van der Waals surface area contributed by atoms with Gasteiger partial charge in [0.1, 0.15) is 28.5 Å². The molecule has 0 amide bonds. The second-order valence-electron chi connectivity index (χ2n) is 7.69. The fraction of sp³-hybridized carbons (Fsp3) is 0.160. The lowest BCUT2D eigenvalue weighted by atomic mass is 10.1. The number of hydrogen-bond donors (Lipinski definition) is 0. The standard InChI is InChI=1S/C25H21ClN4O4/c1-15-21(27-24(34-15)19-9-8-18(32-2)12-23(19)33-3)14-29-10-11-30-22(25(29)31)13-20(28-30)16-4-6-17(26)7-5-16/h4-13H,14H2,1-3H3. The molecule has 0 saturated heterocycles. The fourth-order valence-corrected chi connectivity index (χ4v) is 3.86. The Labute approximate surface area is 200 Å². The van der Waals surface area contributed by atoms with Crippen molar-refractivity contribution in [2.24, 2.45) is 0 Å². The van der Waals surface area contributed by atoms with Crippen LogP contribution in [0.1, 0.15) is 11.5 Å². The summed E-state index contributed by atoms with van der Waals surface area (Å²) in [5, 5.41) is 5.16. The summed E-state index contributed by atoms with van der Waals surface area (Å²) in [6.45, 7) is 2.08. The van der Waals surface area contributed by atoms with Crippen LogP contribution in [0.25, 0.3) is 28.2 Å². The molecule has 0 atom stereocenters. The van der Waals surface area contributed by atoms with E-state index in [0.717, 1.165) is 5.56 Å². The summed E-state index contributed by atoms with van der Waals surface area (Å²) in [5.41, 5.74) is 3.20. The zero-order valence-corrected chi connectivity index (χ0v) is 19.5. The molecule has 5 aromatic rings. The maximum absolute atomic E-state index is 13.2. The summed E-state index contributed by atoms with van der Waals surface area (Å²) >= 11 is 5.98. The number of aryl methyl sites for hydroxylation is 1. The number of hydrogen-bond acceptors (Lipinski definition) is 6. The van der Waals surface area contributed by atoms with Gasteiger partial charge in [-0.3, -0.25) is 4.79 Å². The predicted molar refractivity (Wildman–Crippen MR) is 129 cm³/mol. The van der Waals surface area contributed by atoms with Crippen LogP contribution >= 0.6 is 11.6 Å². The second-order valence-corrected chi connectivity index (χ2v) is 8.12. The second kappa shape index (κ2) is 8.72. The van der Waals surface area contributed by atoms with Gasteiger partial charge in [-0.05, 0) is 37.3 Å². The highest BCUT2D eigenvalue weighted by atomic mass is 35.5. The summed E-state index contributed by atoms with van der Waals surface area (Å²) in [4.78, 5) is 17.8. The molecule has 3 aromatic heterocycles. The van der Waals surface area contributed by atoms with Crippen molar-refractivity contribution in [2.45, 2.75) is 13.5 Å². The number of benzene rings is 2. The minimum absolute atomic E-state index is 0.179. The molecule has 0 fully saturated rings. The zero-order valence-electron chi connectivity index (χ0n) is 18.8. The van der Waals surface area contributed by atoms with E-state index < -0.39 is 0 Å². The average Bonchev–Trinajstić information content (AvgIpc) is 3.45. The monoisotopic (exact) mass is 476 g/mol. The third kappa shape index (κ3) is 3.92. The quantitative estimate of drug-likeness (QED) is 0.348. The first-order valence-electron chi connectivity index (χ1n) is 10.5. The maximum Gasteiger partial charge on any atom is 0.276 e. The van der Waals surface area contributed by atoms with E-state index in [1.54, 1.807) is 60.0 Å². The van der Waals surface area contributed by atoms with Gasteiger partial charge in [-0.1, -0.05) is 23.7 Å². The lowest BCUT2D eigenvalue weighted by Gasteiger charge is -2.07. The van der Waals surface area contributed by atoms with E-state index in [1.165, 1.54) is 0 Å². The third-order valence-electron chi connectivity index (χ3n) is 5.60. The number of nitrogens with zero attached hydrogens (tertiary/aromatic N) is 4. The number of methoxy groups -OCH3 is 2. The van der Waals surface area contributed by atoms with E-state index in [0.29, 0.717) is 50.6 Å². The number of ether oxygens (including phenoxy) is 2. The number of fused-ring (bicyclic) bond motifs is 1. The Morgan fingerprint density at radius 1 is 1.03 bits per heavy atom. The molecule has 2 aromatic carbocycles. The highest BCUT2D eigenvalue weighted by Crippen LogP contribution is 2.33. The molecule has 0 aliphatic heterocycles. The van der Waals surface area contributed by atoms with Gasteiger partial charge in [0.2, 0.25) is 5.89 Å². The summed E-state index contributed by atoms with van der Waals surface area (Å²) in [6, 6.07) is 14.5. The molecule has 0 N–H and O–H groups in total. The van der Waals surface area contributed by atoms with Crippen LogP contribution in [0.2, 0.25) is 5.02 Å². The average molecular weight is 477 g/mol. The van der Waals surface area contributed by atoms with E-state index in [9.17, 15) is 4.79 Å². The van der Waals surface area contributed by atoms with Crippen LogP contribution in [0.5, 0.6) is 11.5 Å². The molecule has 34 heavy (non-hydrogen) atoms. The molecule has 0 spiro atoms. The van der Waals surface area contributed by atoms with Crippen LogP contribution in [0, 0.1) is 6.92 Å². The highest BCUT2D eigenvalue weighted by molar-refractivity contribution is 6.30. The van der Waals surface area contributed by atoms with Crippen LogP contribution in [-0.4, -0.2) is 33.4 Å².